The van der Waals surface area contributed by atoms with E-state index in [1.165, 1.54) is 0 Å². The lowest BCUT2D eigenvalue weighted by Gasteiger charge is -2.15. The summed E-state index contributed by atoms with van der Waals surface area (Å²) in [7, 11) is 3.31. The summed E-state index contributed by atoms with van der Waals surface area (Å²) >= 11 is 3.51. The van der Waals surface area contributed by atoms with Gasteiger partial charge >= 0.3 is 5.97 Å². The van der Waals surface area contributed by atoms with Gasteiger partial charge in [0.1, 0.15) is 5.75 Å². The number of hydrogen-bond acceptors (Lipinski definition) is 3. The van der Waals surface area contributed by atoms with Crippen molar-refractivity contribution in [2.75, 3.05) is 7.11 Å². The van der Waals surface area contributed by atoms with Crippen LogP contribution in [0.25, 0.3) is 11.3 Å². The molecule has 6 heteroatoms. The van der Waals surface area contributed by atoms with Gasteiger partial charge in [-0.25, -0.2) is 4.79 Å². The van der Waals surface area contributed by atoms with Crippen molar-refractivity contribution in [1.82, 2.24) is 9.78 Å². The fourth-order valence-corrected chi connectivity index (χ4v) is 2.72. The van der Waals surface area contributed by atoms with E-state index in [2.05, 4.69) is 21.0 Å². The molecular formula is C14H15BrN2O3. The molecule has 0 bridgehead atoms. The minimum absolute atomic E-state index is 0.0145. The van der Waals surface area contributed by atoms with Crippen LogP contribution in [-0.2, 0) is 7.05 Å². The van der Waals surface area contributed by atoms with E-state index in [1.54, 1.807) is 24.9 Å². The molecule has 0 amide bonds. The molecule has 1 N–H and O–H groups in total. The average Bonchev–Trinajstić information content (AvgIpc) is 2.75. The minimum atomic E-state index is -1.05. The maximum atomic E-state index is 11.0. The highest BCUT2D eigenvalue weighted by Gasteiger charge is 2.20. The summed E-state index contributed by atoms with van der Waals surface area (Å²) in [6, 6.07) is 3.57. The van der Waals surface area contributed by atoms with E-state index >= 15 is 0 Å². The minimum Gasteiger partial charge on any atom is -0.495 e. The van der Waals surface area contributed by atoms with E-state index in [4.69, 9.17) is 9.84 Å². The van der Waals surface area contributed by atoms with Crippen LogP contribution >= 0.6 is 15.9 Å². The van der Waals surface area contributed by atoms with Crippen LogP contribution < -0.4 is 4.74 Å². The first-order valence-electron chi connectivity index (χ1n) is 5.98. The first kappa shape index (κ1) is 14.6. The highest BCUT2D eigenvalue weighted by atomic mass is 79.9. The summed E-state index contributed by atoms with van der Waals surface area (Å²) in [6.45, 7) is 3.94. The predicted octanol–water partition coefficient (Wildman–Crippen LogP) is 3.17. The average molecular weight is 339 g/mol. The number of methoxy groups -OCH3 is 1. The molecule has 1 aromatic carbocycles. The lowest BCUT2D eigenvalue weighted by Crippen LogP contribution is -2.01. The summed E-state index contributed by atoms with van der Waals surface area (Å²) in [5.41, 5.74) is 3.62. The number of carbonyl (C=O) groups is 1. The van der Waals surface area contributed by atoms with Crippen molar-refractivity contribution in [2.24, 2.45) is 7.05 Å². The molecule has 5 nitrogen and oxygen atoms in total. The molecule has 0 fully saturated rings. The van der Waals surface area contributed by atoms with Crippen molar-refractivity contribution in [3.63, 3.8) is 0 Å². The van der Waals surface area contributed by atoms with E-state index in [1.807, 2.05) is 19.9 Å². The second kappa shape index (κ2) is 5.28. The number of aryl methyl sites for hydroxylation is 3. The van der Waals surface area contributed by atoms with Crippen molar-refractivity contribution in [2.45, 2.75) is 13.8 Å². The van der Waals surface area contributed by atoms with Gasteiger partial charge in [0.05, 0.1) is 17.3 Å². The van der Waals surface area contributed by atoms with Gasteiger partial charge in [-0.05, 0) is 47.0 Å². The van der Waals surface area contributed by atoms with Crippen LogP contribution in [0.5, 0.6) is 5.75 Å². The Labute approximate surface area is 125 Å². The molecule has 0 saturated heterocycles. The maximum absolute atomic E-state index is 11.0. The van der Waals surface area contributed by atoms with E-state index < -0.39 is 5.97 Å². The van der Waals surface area contributed by atoms with Crippen molar-refractivity contribution in [3.05, 3.63) is 33.4 Å². The van der Waals surface area contributed by atoms with Crippen LogP contribution in [0.15, 0.2) is 16.6 Å². The lowest BCUT2D eigenvalue weighted by atomic mass is 10.0. The van der Waals surface area contributed by atoms with Crippen LogP contribution in [0.4, 0.5) is 0 Å². The Hall–Kier alpha value is -1.82. The van der Waals surface area contributed by atoms with E-state index in [0.29, 0.717) is 11.4 Å². The fourth-order valence-electron chi connectivity index (χ4n) is 2.24. The third-order valence-electron chi connectivity index (χ3n) is 3.16. The van der Waals surface area contributed by atoms with Gasteiger partial charge in [0.25, 0.3) is 0 Å². The molecule has 1 heterocycles. The SMILES string of the molecule is COc1c(Br)c(C)cc(C)c1-c1cc(C(=O)O)nn1C. The van der Waals surface area contributed by atoms with Crippen LogP contribution in [0.3, 0.4) is 0 Å². The Balaban J connectivity index is 2.75. The fraction of sp³-hybridized carbons (Fsp3) is 0.286. The van der Waals surface area contributed by atoms with Crippen LogP contribution in [0.2, 0.25) is 0 Å². The number of halogens is 1. The number of aromatic carboxylic acids is 1. The Morgan fingerprint density at radius 1 is 1.35 bits per heavy atom. The van der Waals surface area contributed by atoms with E-state index in [-0.39, 0.29) is 5.69 Å². The zero-order valence-electron chi connectivity index (χ0n) is 11.7. The quantitative estimate of drug-likeness (QED) is 0.933. The van der Waals surface area contributed by atoms with Gasteiger partial charge in [-0.15, -0.1) is 0 Å². The van der Waals surface area contributed by atoms with Crippen molar-refractivity contribution in [1.29, 1.82) is 0 Å². The molecule has 0 aliphatic heterocycles. The first-order valence-corrected chi connectivity index (χ1v) is 6.77. The Bertz CT molecular complexity index is 692. The second-order valence-corrected chi connectivity index (χ2v) is 5.37. The Morgan fingerprint density at radius 2 is 2.00 bits per heavy atom. The monoisotopic (exact) mass is 338 g/mol. The van der Waals surface area contributed by atoms with Gasteiger partial charge in [-0.1, -0.05) is 6.07 Å². The van der Waals surface area contributed by atoms with Gasteiger partial charge in [-0.3, -0.25) is 4.68 Å². The number of ether oxygens (including phenoxy) is 1. The second-order valence-electron chi connectivity index (χ2n) is 4.58. The molecule has 0 radical (unpaired) electrons. The summed E-state index contributed by atoms with van der Waals surface area (Å²) in [6.07, 6.45) is 0. The third-order valence-corrected chi connectivity index (χ3v) is 4.14. The molecule has 20 heavy (non-hydrogen) atoms. The summed E-state index contributed by atoms with van der Waals surface area (Å²) in [5.74, 6) is -0.364. The standard InChI is InChI=1S/C14H15BrN2O3/c1-7-5-8(2)12(15)13(20-4)11(7)10-6-9(14(18)19)16-17(10)3/h5-6H,1-4H3,(H,18,19). The molecule has 0 saturated carbocycles. The smallest absolute Gasteiger partial charge is 0.356 e. The van der Waals surface area contributed by atoms with E-state index in [0.717, 1.165) is 21.2 Å². The number of carboxylic acid groups (broad SMARTS) is 1. The number of rotatable bonds is 3. The first-order chi connectivity index (χ1) is 9.36. The zero-order chi connectivity index (χ0) is 15.0. The molecular weight excluding hydrogens is 324 g/mol. The van der Waals surface area contributed by atoms with E-state index in [9.17, 15) is 4.79 Å². The largest absolute Gasteiger partial charge is 0.495 e. The number of carboxylic acids is 1. The van der Waals surface area contributed by atoms with Crippen LogP contribution in [0.1, 0.15) is 21.6 Å². The molecule has 0 aliphatic rings. The highest BCUT2D eigenvalue weighted by Crippen LogP contribution is 2.40. The number of benzene rings is 1. The Kier molecular flexibility index (Phi) is 3.85. The van der Waals surface area contributed by atoms with Gasteiger partial charge < -0.3 is 9.84 Å². The Morgan fingerprint density at radius 3 is 2.50 bits per heavy atom. The van der Waals surface area contributed by atoms with Crippen LogP contribution in [-0.4, -0.2) is 28.0 Å². The molecule has 0 unspecified atom stereocenters. The normalized spacial score (nSPS) is 10.7. The highest BCUT2D eigenvalue weighted by molar-refractivity contribution is 9.10. The van der Waals surface area contributed by atoms with Crippen LogP contribution in [0, 0.1) is 13.8 Å². The molecule has 106 valence electrons. The lowest BCUT2D eigenvalue weighted by molar-refractivity contribution is 0.0689. The maximum Gasteiger partial charge on any atom is 0.356 e. The summed E-state index contributed by atoms with van der Waals surface area (Å²) in [5, 5.41) is 13.0. The van der Waals surface area contributed by atoms with Gasteiger partial charge in [-0.2, -0.15) is 5.10 Å². The molecule has 0 spiro atoms. The molecule has 0 aliphatic carbocycles. The third kappa shape index (κ3) is 2.31. The summed E-state index contributed by atoms with van der Waals surface area (Å²) in [4.78, 5) is 11.0. The molecule has 1 aromatic heterocycles. The number of hydrogen-bond donors (Lipinski definition) is 1. The van der Waals surface area contributed by atoms with Gasteiger partial charge in [0.2, 0.25) is 0 Å². The topological polar surface area (TPSA) is 64.3 Å². The van der Waals surface area contributed by atoms with Crippen molar-refractivity contribution in [3.8, 4) is 17.0 Å². The predicted molar refractivity (Wildman–Crippen MR) is 79.3 cm³/mol. The molecule has 2 rings (SSSR count). The zero-order valence-corrected chi connectivity index (χ0v) is 13.3. The summed E-state index contributed by atoms with van der Waals surface area (Å²) < 4.78 is 7.89. The van der Waals surface area contributed by atoms with Gasteiger partial charge in [0, 0.05) is 12.6 Å². The van der Waals surface area contributed by atoms with Gasteiger partial charge in [0.15, 0.2) is 5.69 Å². The number of nitrogens with zero attached hydrogens (tertiary/aromatic N) is 2. The molecule has 2 aromatic rings. The molecule has 0 atom stereocenters. The van der Waals surface area contributed by atoms with Crippen molar-refractivity contribution >= 4 is 21.9 Å². The number of aromatic nitrogens is 2. The van der Waals surface area contributed by atoms with Crippen molar-refractivity contribution < 1.29 is 14.6 Å².